The molecule has 21 heavy (non-hydrogen) atoms. The van der Waals surface area contributed by atoms with Crippen molar-refractivity contribution in [2.45, 2.75) is 13.0 Å². The number of aromatic nitrogens is 2. The zero-order chi connectivity index (χ0) is 15.2. The monoisotopic (exact) mass is 303 g/mol. The minimum absolute atomic E-state index is 0.236. The Bertz CT molecular complexity index is 687. The lowest BCUT2D eigenvalue weighted by Gasteiger charge is -2.11. The summed E-state index contributed by atoms with van der Waals surface area (Å²) in [6, 6.07) is 4.60. The molecule has 0 saturated carbocycles. The van der Waals surface area contributed by atoms with Crippen LogP contribution >= 0.6 is 11.6 Å². The van der Waals surface area contributed by atoms with E-state index in [9.17, 15) is 4.79 Å². The molecule has 0 saturated heterocycles. The van der Waals surface area contributed by atoms with Gasteiger partial charge in [0, 0.05) is 23.5 Å². The van der Waals surface area contributed by atoms with Crippen LogP contribution in [0.15, 0.2) is 30.6 Å². The second kappa shape index (κ2) is 6.93. The van der Waals surface area contributed by atoms with E-state index >= 15 is 0 Å². The average molecular weight is 304 g/mol. The number of aliphatic hydroxyl groups is 1. The van der Waals surface area contributed by atoms with Crippen LogP contribution in [0.5, 0.6) is 0 Å². The maximum atomic E-state index is 12.1. The Balaban J connectivity index is 2.11. The van der Waals surface area contributed by atoms with Crippen LogP contribution in [0.1, 0.15) is 34.7 Å². The number of hydrogen-bond acceptors (Lipinski definition) is 3. The Kier molecular flexibility index (Phi) is 4.99. The third kappa shape index (κ3) is 3.85. The zero-order valence-electron chi connectivity index (χ0n) is 11.4. The number of nitrogens with zero attached hydrogens (tertiary/aromatic N) is 1. The first kappa shape index (κ1) is 15.1. The van der Waals surface area contributed by atoms with Crippen molar-refractivity contribution in [1.29, 1.82) is 0 Å². The SMILES string of the molecule is CC(NC(=O)c1ccc(C#CCO)c(Cl)c1)c1ncc[nH]1. The third-order valence-electron chi connectivity index (χ3n) is 2.81. The summed E-state index contributed by atoms with van der Waals surface area (Å²) >= 11 is 6.06. The van der Waals surface area contributed by atoms with Gasteiger partial charge in [0.25, 0.3) is 5.91 Å². The average Bonchev–Trinajstić information content (AvgIpc) is 3.00. The van der Waals surface area contributed by atoms with Gasteiger partial charge in [-0.3, -0.25) is 4.79 Å². The fraction of sp³-hybridized carbons (Fsp3) is 0.200. The van der Waals surface area contributed by atoms with Crippen molar-refractivity contribution in [3.05, 3.63) is 52.6 Å². The number of benzene rings is 1. The Morgan fingerprint density at radius 1 is 1.57 bits per heavy atom. The molecule has 0 bridgehead atoms. The highest BCUT2D eigenvalue weighted by atomic mass is 35.5. The molecule has 1 unspecified atom stereocenters. The molecule has 6 heteroatoms. The summed E-state index contributed by atoms with van der Waals surface area (Å²) in [5.41, 5.74) is 1.01. The van der Waals surface area contributed by atoms with Crippen molar-refractivity contribution < 1.29 is 9.90 Å². The van der Waals surface area contributed by atoms with E-state index in [0.29, 0.717) is 22.0 Å². The molecule has 1 aromatic heterocycles. The van der Waals surface area contributed by atoms with E-state index in [0.717, 1.165) is 0 Å². The Labute approximate surface area is 127 Å². The van der Waals surface area contributed by atoms with Crippen LogP contribution in [0.4, 0.5) is 0 Å². The first-order chi connectivity index (χ1) is 10.1. The Hall–Kier alpha value is -2.29. The van der Waals surface area contributed by atoms with Gasteiger partial charge in [-0.1, -0.05) is 23.4 Å². The summed E-state index contributed by atoms with van der Waals surface area (Å²) in [6.07, 6.45) is 3.33. The molecule has 1 aromatic carbocycles. The maximum Gasteiger partial charge on any atom is 0.251 e. The normalized spacial score (nSPS) is 11.4. The highest BCUT2D eigenvalue weighted by molar-refractivity contribution is 6.32. The topological polar surface area (TPSA) is 78.0 Å². The van der Waals surface area contributed by atoms with Gasteiger partial charge in [0.15, 0.2) is 0 Å². The molecule has 1 atom stereocenters. The lowest BCUT2D eigenvalue weighted by molar-refractivity contribution is 0.0938. The second-order valence-electron chi connectivity index (χ2n) is 4.32. The van der Waals surface area contributed by atoms with Gasteiger partial charge in [0.1, 0.15) is 12.4 Å². The smallest absolute Gasteiger partial charge is 0.251 e. The largest absolute Gasteiger partial charge is 0.384 e. The van der Waals surface area contributed by atoms with Crippen LogP contribution in [0, 0.1) is 11.8 Å². The number of carbonyl (C=O) groups excluding carboxylic acids is 1. The second-order valence-corrected chi connectivity index (χ2v) is 4.73. The molecule has 0 radical (unpaired) electrons. The molecule has 2 aromatic rings. The standard InChI is InChI=1S/C15H14ClN3O2/c1-10(14-17-6-7-18-14)19-15(21)12-5-4-11(3-2-8-20)13(16)9-12/h4-7,9-10,20H,8H2,1H3,(H,17,18)(H,19,21). The lowest BCUT2D eigenvalue weighted by Crippen LogP contribution is -2.27. The van der Waals surface area contributed by atoms with Gasteiger partial charge in [-0.2, -0.15) is 0 Å². The Morgan fingerprint density at radius 3 is 3.00 bits per heavy atom. The summed E-state index contributed by atoms with van der Waals surface area (Å²) in [5.74, 6) is 5.66. The molecule has 0 spiro atoms. The number of aliphatic hydroxyl groups excluding tert-OH is 1. The number of rotatable bonds is 3. The summed E-state index contributed by atoms with van der Waals surface area (Å²) in [4.78, 5) is 19.2. The van der Waals surface area contributed by atoms with Gasteiger partial charge in [-0.05, 0) is 25.1 Å². The highest BCUT2D eigenvalue weighted by Crippen LogP contribution is 2.17. The minimum Gasteiger partial charge on any atom is -0.384 e. The number of halogens is 1. The predicted molar refractivity (Wildman–Crippen MR) is 79.9 cm³/mol. The van der Waals surface area contributed by atoms with E-state index in [1.165, 1.54) is 0 Å². The highest BCUT2D eigenvalue weighted by Gasteiger charge is 2.13. The van der Waals surface area contributed by atoms with Crippen LogP contribution in [-0.4, -0.2) is 27.6 Å². The molecule has 1 amide bonds. The number of H-pyrrole nitrogens is 1. The van der Waals surface area contributed by atoms with Crippen molar-refractivity contribution in [2.24, 2.45) is 0 Å². The van der Waals surface area contributed by atoms with E-state index in [-0.39, 0.29) is 18.6 Å². The van der Waals surface area contributed by atoms with Crippen molar-refractivity contribution >= 4 is 17.5 Å². The summed E-state index contributed by atoms with van der Waals surface area (Å²) in [7, 11) is 0. The van der Waals surface area contributed by atoms with Crippen LogP contribution in [0.2, 0.25) is 5.02 Å². The quantitative estimate of drug-likeness (QED) is 0.758. The van der Waals surface area contributed by atoms with Crippen LogP contribution in [-0.2, 0) is 0 Å². The fourth-order valence-electron chi connectivity index (χ4n) is 1.76. The summed E-state index contributed by atoms with van der Waals surface area (Å²) in [5, 5.41) is 11.9. The van der Waals surface area contributed by atoms with Crippen LogP contribution in [0.3, 0.4) is 0 Å². The number of imidazole rings is 1. The van der Waals surface area contributed by atoms with Crippen LogP contribution in [0.25, 0.3) is 0 Å². The molecule has 3 N–H and O–H groups in total. The molecule has 0 aliphatic carbocycles. The van der Waals surface area contributed by atoms with Gasteiger partial charge in [0.05, 0.1) is 11.1 Å². The lowest BCUT2D eigenvalue weighted by atomic mass is 10.1. The molecule has 2 rings (SSSR count). The predicted octanol–water partition coefficient (Wildman–Crippen LogP) is 1.90. The van der Waals surface area contributed by atoms with Crippen molar-refractivity contribution in [3.8, 4) is 11.8 Å². The van der Waals surface area contributed by atoms with Crippen molar-refractivity contribution in [1.82, 2.24) is 15.3 Å². The zero-order valence-corrected chi connectivity index (χ0v) is 12.1. The first-order valence-electron chi connectivity index (χ1n) is 6.31. The number of amides is 1. The van der Waals surface area contributed by atoms with Gasteiger partial charge in [0.2, 0.25) is 0 Å². The first-order valence-corrected chi connectivity index (χ1v) is 6.69. The maximum absolute atomic E-state index is 12.1. The van der Waals surface area contributed by atoms with Crippen LogP contribution < -0.4 is 5.32 Å². The third-order valence-corrected chi connectivity index (χ3v) is 3.12. The minimum atomic E-state index is -0.248. The fourth-order valence-corrected chi connectivity index (χ4v) is 1.98. The molecule has 1 heterocycles. The van der Waals surface area contributed by atoms with Gasteiger partial charge in [-0.25, -0.2) is 4.98 Å². The van der Waals surface area contributed by atoms with Crippen molar-refractivity contribution in [2.75, 3.05) is 6.61 Å². The van der Waals surface area contributed by atoms with Gasteiger partial charge < -0.3 is 15.4 Å². The van der Waals surface area contributed by atoms with Gasteiger partial charge in [-0.15, -0.1) is 0 Å². The van der Waals surface area contributed by atoms with Gasteiger partial charge >= 0.3 is 0 Å². The van der Waals surface area contributed by atoms with E-state index in [1.54, 1.807) is 30.6 Å². The molecule has 0 fully saturated rings. The number of nitrogens with one attached hydrogen (secondary N) is 2. The number of carbonyl (C=O) groups is 1. The number of aromatic amines is 1. The van der Waals surface area contributed by atoms with E-state index in [1.807, 2.05) is 6.92 Å². The number of hydrogen-bond donors (Lipinski definition) is 3. The molecular weight excluding hydrogens is 290 g/mol. The molecule has 0 aliphatic rings. The van der Waals surface area contributed by atoms with Crippen molar-refractivity contribution in [3.63, 3.8) is 0 Å². The Morgan fingerprint density at radius 2 is 2.38 bits per heavy atom. The molecular formula is C15H14ClN3O2. The molecule has 0 aliphatic heterocycles. The summed E-state index contributed by atoms with van der Waals surface area (Å²) in [6.45, 7) is 1.60. The summed E-state index contributed by atoms with van der Waals surface area (Å²) < 4.78 is 0. The van der Waals surface area contributed by atoms with E-state index in [2.05, 4.69) is 27.1 Å². The van der Waals surface area contributed by atoms with E-state index < -0.39 is 0 Å². The molecule has 108 valence electrons. The molecule has 5 nitrogen and oxygen atoms in total. The van der Waals surface area contributed by atoms with E-state index in [4.69, 9.17) is 16.7 Å².